The maximum absolute atomic E-state index is 13.7. The number of methoxy groups -OCH3 is 2. The summed E-state index contributed by atoms with van der Waals surface area (Å²) in [5.74, 6) is 0.923. The molecule has 0 unspecified atom stereocenters. The normalized spacial score (nSPS) is 11.3. The Kier molecular flexibility index (Phi) is 23.5. The molecule has 0 aliphatic carbocycles. The van der Waals surface area contributed by atoms with Crippen LogP contribution in [0.5, 0.6) is 23.0 Å². The number of para-hydroxylation sites is 2. The van der Waals surface area contributed by atoms with Crippen LogP contribution in [0.3, 0.4) is 0 Å². The van der Waals surface area contributed by atoms with E-state index >= 15 is 0 Å². The second-order valence-corrected chi connectivity index (χ2v) is 21.9. The van der Waals surface area contributed by atoms with Gasteiger partial charge in [0.15, 0.2) is 11.5 Å². The molecule has 0 saturated heterocycles. The Bertz CT molecular complexity index is 4200. The van der Waals surface area contributed by atoms with Crippen molar-refractivity contribution < 1.29 is 65.8 Å². The lowest BCUT2D eigenvalue weighted by molar-refractivity contribution is 0.0333. The summed E-state index contributed by atoms with van der Waals surface area (Å²) >= 11 is 0. The van der Waals surface area contributed by atoms with Gasteiger partial charge in [-0.25, -0.2) is 19.0 Å². The fourth-order valence-corrected chi connectivity index (χ4v) is 10.3. The van der Waals surface area contributed by atoms with Crippen LogP contribution in [0.4, 0.5) is 0 Å². The third-order valence-corrected chi connectivity index (χ3v) is 15.1. The minimum absolute atomic E-state index is 0.0208. The Labute approximate surface area is 552 Å². The van der Waals surface area contributed by atoms with Gasteiger partial charge in [0.2, 0.25) is 22.4 Å². The summed E-state index contributed by atoms with van der Waals surface area (Å²) in [6, 6.07) is 52.2. The maximum Gasteiger partial charge on any atom is 0.337 e. The summed E-state index contributed by atoms with van der Waals surface area (Å²) in [4.78, 5) is 53.9. The van der Waals surface area contributed by atoms with E-state index < -0.39 is 11.9 Å². The SMILES string of the molecule is COC(=O)c1cccc(COc2c(-c3ccc(OCCOCCOCCn4cc(CN(Cc5ccccc5)Cc5cn(CCOCCOCCOc6ccc(-c7oc8ccccc8c(=O)c7OCc7cccc(C(=O)OC)c7)cc6)nn5)nn4)cc3)oc3ccccc3c2=O)c1. The minimum atomic E-state index is -0.470. The number of carbonyl (C=O) groups excluding carboxylic acids is 2. The van der Waals surface area contributed by atoms with Crippen molar-refractivity contribution in [1.29, 1.82) is 0 Å². The predicted octanol–water partition coefficient (Wildman–Crippen LogP) is 10.6. The van der Waals surface area contributed by atoms with Gasteiger partial charge in [-0.15, -0.1) is 10.2 Å². The number of hydrogen-bond acceptors (Lipinski definition) is 21. The second kappa shape index (κ2) is 33.8. The lowest BCUT2D eigenvalue weighted by atomic mass is 10.1. The summed E-state index contributed by atoms with van der Waals surface area (Å²) in [5.41, 5.74) is 6.32. The highest BCUT2D eigenvalue weighted by molar-refractivity contribution is 5.90. The van der Waals surface area contributed by atoms with Crippen LogP contribution in [0.2, 0.25) is 0 Å². The molecule has 4 aromatic heterocycles. The first-order valence-electron chi connectivity index (χ1n) is 31.2. The van der Waals surface area contributed by atoms with Gasteiger partial charge in [-0.05, 0) is 114 Å². The van der Waals surface area contributed by atoms with Gasteiger partial charge in [-0.3, -0.25) is 14.5 Å². The number of esters is 2. The lowest BCUT2D eigenvalue weighted by Crippen LogP contribution is -2.23. The Balaban J connectivity index is 0.563. The van der Waals surface area contributed by atoms with Gasteiger partial charge >= 0.3 is 11.9 Å². The van der Waals surface area contributed by atoms with E-state index in [2.05, 4.69) is 37.7 Å². The fraction of sp³-hybridized carbons (Fsp3) is 0.260. The number of hydrogen-bond donors (Lipinski definition) is 0. The van der Waals surface area contributed by atoms with Crippen molar-refractivity contribution in [2.45, 2.75) is 45.9 Å². The van der Waals surface area contributed by atoms with E-state index in [9.17, 15) is 19.2 Å². The van der Waals surface area contributed by atoms with E-state index in [-0.39, 0.29) is 47.1 Å². The molecule has 23 nitrogen and oxygen atoms in total. The topological polar surface area (TPSA) is 252 Å². The average Bonchev–Trinajstić information content (AvgIpc) is 0.915. The van der Waals surface area contributed by atoms with Crippen LogP contribution >= 0.6 is 0 Å². The molecular formula is C73H71N7O16. The van der Waals surface area contributed by atoms with Gasteiger partial charge in [-0.2, -0.15) is 0 Å². The molecule has 494 valence electrons. The van der Waals surface area contributed by atoms with E-state index in [1.54, 1.807) is 155 Å². The molecule has 0 aliphatic heterocycles. The van der Waals surface area contributed by atoms with E-state index in [1.807, 2.05) is 30.6 Å². The average molecular weight is 1300 g/mol. The quantitative estimate of drug-likeness (QED) is 0.0261. The van der Waals surface area contributed by atoms with E-state index in [0.29, 0.717) is 166 Å². The van der Waals surface area contributed by atoms with Crippen LogP contribution in [0.15, 0.2) is 207 Å². The third-order valence-electron chi connectivity index (χ3n) is 15.1. The highest BCUT2D eigenvalue weighted by Gasteiger charge is 2.22. The zero-order chi connectivity index (χ0) is 66.3. The van der Waals surface area contributed by atoms with Crippen molar-refractivity contribution in [1.82, 2.24) is 34.9 Å². The van der Waals surface area contributed by atoms with Crippen molar-refractivity contribution in [3.8, 4) is 45.6 Å². The van der Waals surface area contributed by atoms with Crippen molar-refractivity contribution in [2.75, 3.05) is 80.3 Å². The standard InChI is InChI=1S/C73H71N7O16/c1-85-72(83)56-16-10-14-52(42-56)49-93-70-66(81)62-18-6-8-20-64(62)95-68(70)54-22-26-60(27-23-54)91-40-38-89-36-34-87-32-30-79-47-58(74-76-79)45-78(44-51-12-4-3-5-13-51)46-59-48-80(77-75-59)31-33-88-35-37-90-39-41-92-61-28-24-55(25-29-61)69-71(67(82)63-19-7-9-21-65(63)96-69)94-50-53-15-11-17-57(43-53)73(84)86-2/h3-29,42-43,47-48H,30-41,44-46,49-50H2,1-2H3. The van der Waals surface area contributed by atoms with Crippen LogP contribution in [0.1, 0.15) is 48.8 Å². The molecule has 0 atom stereocenters. The molecule has 0 amide bonds. The number of rotatable bonds is 36. The van der Waals surface area contributed by atoms with Crippen LogP contribution in [0.25, 0.3) is 44.6 Å². The first-order chi connectivity index (χ1) is 47.1. The van der Waals surface area contributed by atoms with Crippen molar-refractivity contribution in [3.05, 3.63) is 248 Å². The molecule has 0 fully saturated rings. The summed E-state index contributed by atoms with van der Waals surface area (Å²) in [6.45, 7) is 6.44. The molecule has 0 saturated carbocycles. The number of nitrogens with zero attached hydrogens (tertiary/aromatic N) is 7. The second-order valence-electron chi connectivity index (χ2n) is 21.9. The van der Waals surface area contributed by atoms with Gasteiger partial charge in [0.25, 0.3) is 0 Å². The van der Waals surface area contributed by atoms with E-state index in [1.165, 1.54) is 14.2 Å². The van der Waals surface area contributed by atoms with Gasteiger partial charge in [0.1, 0.15) is 49.1 Å². The largest absolute Gasteiger partial charge is 0.491 e. The Hall–Kier alpha value is -10.8. The molecule has 11 rings (SSSR count). The van der Waals surface area contributed by atoms with Gasteiger partial charge in [-0.1, -0.05) is 89.3 Å². The van der Waals surface area contributed by atoms with Gasteiger partial charge in [0.05, 0.1) is 113 Å². The van der Waals surface area contributed by atoms with Gasteiger partial charge < -0.3 is 56.2 Å². The number of ether oxygens (including phenoxy) is 10. The summed E-state index contributed by atoms with van der Waals surface area (Å²) in [5, 5.41) is 18.4. The zero-order valence-corrected chi connectivity index (χ0v) is 53.1. The Morgan fingerprint density at radius 2 is 0.833 bits per heavy atom. The van der Waals surface area contributed by atoms with Crippen molar-refractivity contribution in [3.63, 3.8) is 0 Å². The highest BCUT2D eigenvalue weighted by Crippen LogP contribution is 2.35. The van der Waals surface area contributed by atoms with Crippen LogP contribution in [0, 0.1) is 0 Å². The molecule has 0 bridgehead atoms. The van der Waals surface area contributed by atoms with E-state index in [4.69, 9.17) is 56.2 Å². The summed E-state index contributed by atoms with van der Waals surface area (Å²) in [6.07, 6.45) is 3.85. The van der Waals surface area contributed by atoms with Crippen LogP contribution < -0.4 is 29.8 Å². The van der Waals surface area contributed by atoms with Crippen molar-refractivity contribution in [2.24, 2.45) is 0 Å². The minimum Gasteiger partial charge on any atom is -0.491 e. The summed E-state index contributed by atoms with van der Waals surface area (Å²) < 4.78 is 73.1. The summed E-state index contributed by atoms with van der Waals surface area (Å²) in [7, 11) is 2.64. The van der Waals surface area contributed by atoms with E-state index in [0.717, 1.165) is 17.0 Å². The molecule has 0 spiro atoms. The molecule has 11 aromatic rings. The third kappa shape index (κ3) is 18.3. The Morgan fingerprint density at radius 1 is 0.427 bits per heavy atom. The zero-order valence-electron chi connectivity index (χ0n) is 53.1. The molecular weight excluding hydrogens is 1230 g/mol. The molecule has 96 heavy (non-hydrogen) atoms. The first kappa shape index (κ1) is 66.6. The number of aromatic nitrogens is 6. The number of fused-ring (bicyclic) bond motifs is 2. The Morgan fingerprint density at radius 3 is 1.28 bits per heavy atom. The number of carbonyl (C=O) groups is 2. The van der Waals surface area contributed by atoms with Crippen LogP contribution in [-0.4, -0.2) is 127 Å². The van der Waals surface area contributed by atoms with Crippen LogP contribution in [-0.2, 0) is 74.4 Å². The van der Waals surface area contributed by atoms with Gasteiger partial charge in [0, 0.05) is 43.2 Å². The number of benzene rings is 7. The monoisotopic (exact) mass is 1300 g/mol. The molecule has 7 aromatic carbocycles. The fourth-order valence-electron chi connectivity index (χ4n) is 10.3. The lowest BCUT2D eigenvalue weighted by Gasteiger charge is -2.20. The molecule has 0 N–H and O–H groups in total. The molecule has 23 heteroatoms. The van der Waals surface area contributed by atoms with Crippen molar-refractivity contribution >= 4 is 33.9 Å². The molecule has 4 heterocycles. The highest BCUT2D eigenvalue weighted by atomic mass is 16.6. The molecule has 0 aliphatic rings. The smallest absolute Gasteiger partial charge is 0.337 e. The molecule has 0 radical (unpaired) electrons. The maximum atomic E-state index is 13.7. The first-order valence-corrected chi connectivity index (χ1v) is 31.2. The predicted molar refractivity (Wildman–Crippen MR) is 354 cm³/mol.